The summed E-state index contributed by atoms with van der Waals surface area (Å²) in [5, 5.41) is 0. The van der Waals surface area contributed by atoms with E-state index < -0.39 is 0 Å². The average Bonchev–Trinajstić information content (AvgIpc) is 3.35. The number of fused-ring (bicyclic) bond motifs is 5. The minimum absolute atomic E-state index is 0.0327. The van der Waals surface area contributed by atoms with Crippen molar-refractivity contribution in [3.8, 4) is 34.2 Å². The lowest BCUT2D eigenvalue weighted by molar-refractivity contribution is 0.514. The second kappa shape index (κ2) is 8.59. The van der Waals surface area contributed by atoms with Gasteiger partial charge in [0, 0.05) is 39.4 Å². The van der Waals surface area contributed by atoms with E-state index in [1.807, 2.05) is 36.4 Å². The molecule has 4 heteroatoms. The summed E-state index contributed by atoms with van der Waals surface area (Å²) in [4.78, 5) is 17.4. The summed E-state index contributed by atoms with van der Waals surface area (Å²) in [5.74, 6) is 2.32. The highest BCUT2D eigenvalue weighted by Gasteiger charge is 2.50. The van der Waals surface area contributed by atoms with E-state index in [9.17, 15) is 0 Å². The Bertz CT molecular complexity index is 1780. The number of rotatable bonds is 3. The van der Waals surface area contributed by atoms with Gasteiger partial charge in [0.05, 0.1) is 6.04 Å². The van der Waals surface area contributed by atoms with E-state index in [0.717, 1.165) is 16.7 Å². The molecule has 3 aliphatic rings. The van der Waals surface area contributed by atoms with Crippen LogP contribution in [0.3, 0.4) is 0 Å². The van der Waals surface area contributed by atoms with Crippen LogP contribution in [0.15, 0.2) is 127 Å². The zero-order valence-electron chi connectivity index (χ0n) is 22.5. The molecule has 1 aromatic heterocycles. The molecule has 40 heavy (non-hydrogen) atoms. The number of anilines is 2. The third-order valence-electron chi connectivity index (χ3n) is 8.69. The molecule has 0 fully saturated rings. The van der Waals surface area contributed by atoms with Crippen LogP contribution in [0.1, 0.15) is 30.9 Å². The van der Waals surface area contributed by atoms with E-state index in [-0.39, 0.29) is 17.4 Å². The predicted molar refractivity (Wildman–Crippen MR) is 161 cm³/mol. The lowest BCUT2D eigenvalue weighted by Crippen LogP contribution is -2.45. The number of hydrogen-bond donors (Lipinski definition) is 0. The van der Waals surface area contributed by atoms with Gasteiger partial charge in [-0.2, -0.15) is 0 Å². The average molecular weight is 517 g/mol. The van der Waals surface area contributed by atoms with Gasteiger partial charge in [-0.05, 0) is 41.0 Å². The maximum absolute atomic E-state index is 4.99. The lowest BCUT2D eigenvalue weighted by atomic mass is 9.67. The Morgan fingerprint density at radius 1 is 0.625 bits per heavy atom. The van der Waals surface area contributed by atoms with Gasteiger partial charge < -0.3 is 4.90 Å². The van der Waals surface area contributed by atoms with Gasteiger partial charge >= 0.3 is 0 Å². The number of allylic oxidation sites excluding steroid dienone is 2. The summed E-state index contributed by atoms with van der Waals surface area (Å²) in [6, 6.07) is 36.2. The molecule has 2 aliphatic heterocycles. The first-order valence-electron chi connectivity index (χ1n) is 13.9. The van der Waals surface area contributed by atoms with Crippen molar-refractivity contribution in [2.24, 2.45) is 0 Å². The Morgan fingerprint density at radius 3 is 1.90 bits per heavy atom. The van der Waals surface area contributed by atoms with Crippen LogP contribution in [0.2, 0.25) is 0 Å². The molecule has 0 N–H and O–H groups in total. The zero-order valence-corrected chi connectivity index (χ0v) is 22.5. The van der Waals surface area contributed by atoms with E-state index in [0.29, 0.717) is 17.5 Å². The summed E-state index contributed by atoms with van der Waals surface area (Å²) in [7, 11) is 0. The number of para-hydroxylation sites is 1. The normalized spacial score (nSPS) is 19.4. The molecule has 4 aromatic carbocycles. The molecule has 0 radical (unpaired) electrons. The van der Waals surface area contributed by atoms with Gasteiger partial charge in [-0.25, -0.2) is 15.0 Å². The van der Waals surface area contributed by atoms with Gasteiger partial charge in [0.25, 0.3) is 0 Å². The highest BCUT2D eigenvalue weighted by atomic mass is 15.2. The Labute approximate surface area is 234 Å². The van der Waals surface area contributed by atoms with Crippen molar-refractivity contribution in [3.63, 3.8) is 0 Å². The molecule has 0 bridgehead atoms. The summed E-state index contributed by atoms with van der Waals surface area (Å²) < 4.78 is 0. The van der Waals surface area contributed by atoms with Crippen LogP contribution < -0.4 is 4.90 Å². The largest absolute Gasteiger partial charge is 0.333 e. The maximum atomic E-state index is 4.99. The van der Waals surface area contributed by atoms with Crippen LogP contribution in [0, 0.1) is 0 Å². The zero-order chi connectivity index (χ0) is 26.8. The summed E-state index contributed by atoms with van der Waals surface area (Å²) >= 11 is 0. The summed E-state index contributed by atoms with van der Waals surface area (Å²) in [6.07, 6.45) is 6.94. The molecule has 2 atom stereocenters. The molecular weight excluding hydrogens is 488 g/mol. The van der Waals surface area contributed by atoms with Crippen LogP contribution in [0.4, 0.5) is 11.4 Å². The molecule has 5 aromatic rings. The Morgan fingerprint density at radius 2 is 1.23 bits per heavy atom. The van der Waals surface area contributed by atoms with Crippen LogP contribution in [0.25, 0.3) is 34.2 Å². The van der Waals surface area contributed by atoms with Crippen molar-refractivity contribution in [2.45, 2.75) is 31.2 Å². The van der Waals surface area contributed by atoms with Crippen LogP contribution in [0.5, 0.6) is 0 Å². The Kier molecular flexibility index (Phi) is 4.96. The fraction of sp³-hybridized carbons (Fsp3) is 0.139. The van der Waals surface area contributed by atoms with Crippen LogP contribution in [-0.4, -0.2) is 21.0 Å². The molecule has 2 unspecified atom stereocenters. The van der Waals surface area contributed by atoms with Gasteiger partial charge in [-0.1, -0.05) is 111 Å². The standard InChI is InChI=1S/C36H28N4/c1-36(2)28-17-9-10-19-31(28)40-30-21-20-25(22-27(30)26-16-11-18-29(36)32(26)40)35-38-33(23-12-5-3-6-13-23)37-34(39-35)24-14-7-4-8-15-24/h3-22,26,32H,1-2H3. The number of benzene rings is 4. The first-order chi connectivity index (χ1) is 19.6. The maximum Gasteiger partial charge on any atom is 0.164 e. The monoisotopic (exact) mass is 516 g/mol. The van der Waals surface area contributed by atoms with E-state index >= 15 is 0 Å². The van der Waals surface area contributed by atoms with Crippen molar-refractivity contribution < 1.29 is 0 Å². The molecule has 4 nitrogen and oxygen atoms in total. The van der Waals surface area contributed by atoms with Crippen LogP contribution >= 0.6 is 0 Å². The van der Waals surface area contributed by atoms with Crippen molar-refractivity contribution in [1.82, 2.24) is 15.0 Å². The number of nitrogens with zero attached hydrogens (tertiary/aromatic N) is 4. The SMILES string of the molecule is CC1(C)C2=CC=CC3c4cc(-c5nc(-c6ccccc6)nc(-c6ccccc6)n5)ccc4N(c4ccccc41)C23. The van der Waals surface area contributed by atoms with Gasteiger partial charge in [0.15, 0.2) is 17.5 Å². The second-order valence-electron chi connectivity index (χ2n) is 11.3. The van der Waals surface area contributed by atoms with E-state index in [4.69, 9.17) is 15.0 Å². The minimum atomic E-state index is -0.0327. The topological polar surface area (TPSA) is 41.9 Å². The molecule has 1 aliphatic carbocycles. The Balaban J connectivity index is 1.30. The summed E-state index contributed by atoms with van der Waals surface area (Å²) in [6.45, 7) is 4.72. The second-order valence-corrected chi connectivity index (χ2v) is 11.3. The van der Waals surface area contributed by atoms with E-state index in [1.165, 1.54) is 28.1 Å². The minimum Gasteiger partial charge on any atom is -0.333 e. The molecule has 0 spiro atoms. The third kappa shape index (κ3) is 3.35. The van der Waals surface area contributed by atoms with E-state index in [1.54, 1.807) is 0 Å². The Hall–Kier alpha value is -4.83. The predicted octanol–water partition coefficient (Wildman–Crippen LogP) is 8.26. The van der Waals surface area contributed by atoms with Gasteiger partial charge in [0.2, 0.25) is 0 Å². The molecule has 8 rings (SSSR count). The van der Waals surface area contributed by atoms with Crippen LogP contribution in [-0.2, 0) is 5.41 Å². The quantitative estimate of drug-likeness (QED) is 0.242. The van der Waals surface area contributed by atoms with Crippen molar-refractivity contribution in [3.05, 3.63) is 138 Å². The van der Waals surface area contributed by atoms with Gasteiger partial charge in [0.1, 0.15) is 0 Å². The van der Waals surface area contributed by atoms with Crippen molar-refractivity contribution >= 4 is 11.4 Å². The molecule has 0 saturated heterocycles. The first kappa shape index (κ1) is 23.1. The molecule has 3 heterocycles. The van der Waals surface area contributed by atoms with Crippen molar-refractivity contribution in [2.75, 3.05) is 4.90 Å². The van der Waals surface area contributed by atoms with Gasteiger partial charge in [-0.3, -0.25) is 0 Å². The van der Waals surface area contributed by atoms with Crippen molar-refractivity contribution in [1.29, 1.82) is 0 Å². The fourth-order valence-corrected chi connectivity index (χ4v) is 6.74. The highest BCUT2D eigenvalue weighted by Crippen LogP contribution is 2.58. The smallest absolute Gasteiger partial charge is 0.164 e. The first-order valence-corrected chi connectivity index (χ1v) is 13.9. The molecule has 0 amide bonds. The highest BCUT2D eigenvalue weighted by molar-refractivity contribution is 5.84. The molecular formula is C36H28N4. The number of hydrogen-bond acceptors (Lipinski definition) is 4. The lowest BCUT2D eigenvalue weighted by Gasteiger charge is -2.47. The molecule has 192 valence electrons. The molecule has 0 saturated carbocycles. The van der Waals surface area contributed by atoms with E-state index in [2.05, 4.69) is 104 Å². The summed E-state index contributed by atoms with van der Waals surface area (Å²) in [5.41, 5.74) is 9.66. The third-order valence-corrected chi connectivity index (χ3v) is 8.69. The fourth-order valence-electron chi connectivity index (χ4n) is 6.74. The van der Waals surface area contributed by atoms with Gasteiger partial charge in [-0.15, -0.1) is 0 Å². The number of aromatic nitrogens is 3.